The van der Waals surface area contributed by atoms with E-state index >= 15 is 0 Å². The number of hydrogen-bond donors (Lipinski definition) is 0. The van der Waals surface area contributed by atoms with Gasteiger partial charge in [0.1, 0.15) is 13.7 Å². The van der Waals surface area contributed by atoms with Gasteiger partial charge >= 0.3 is 0 Å². The smallest absolute Gasteiger partial charge is 0.141 e. The first kappa shape index (κ1) is 7.25. The molecule has 0 atom stereocenters. The fourth-order valence-corrected chi connectivity index (χ4v) is 0.667. The molecule has 0 aliphatic carbocycles. The molecule has 0 fully saturated rings. The minimum Gasteiger partial charge on any atom is -0.249 e. The van der Waals surface area contributed by atoms with Gasteiger partial charge in [-0.15, -0.1) is 0 Å². The Bertz CT molecular complexity index is 223. The average molecular weight is 132 g/mol. The molecule has 0 aliphatic rings. The Kier molecular flexibility index (Phi) is 2.04. The monoisotopic (exact) mass is 132 g/mol. The van der Waals surface area contributed by atoms with Gasteiger partial charge in [0.2, 0.25) is 0 Å². The molecule has 1 aromatic heterocycles. The Morgan fingerprint density at radius 1 is 1.50 bits per heavy atom. The molecule has 0 spiro atoms. The molecule has 0 saturated heterocycles. The van der Waals surface area contributed by atoms with Crippen LogP contribution in [-0.2, 0) is 0 Å². The molecule has 0 bridgehead atoms. The first-order valence-electron chi connectivity index (χ1n) is 3.28. The van der Waals surface area contributed by atoms with Crippen molar-refractivity contribution in [3.8, 4) is 0 Å². The minimum atomic E-state index is 0.350. The third-order valence-corrected chi connectivity index (χ3v) is 1.21. The summed E-state index contributed by atoms with van der Waals surface area (Å²) in [6.45, 7) is 4.07. The second-order valence-electron chi connectivity index (χ2n) is 2.49. The third-order valence-electron chi connectivity index (χ3n) is 1.21. The van der Waals surface area contributed by atoms with Crippen molar-refractivity contribution in [3.05, 3.63) is 18.1 Å². The second-order valence-corrected chi connectivity index (χ2v) is 2.49. The molecule has 3 heteroatoms. The highest BCUT2D eigenvalue weighted by molar-refractivity contribution is 6.30. The van der Waals surface area contributed by atoms with Gasteiger partial charge < -0.3 is 0 Å². The van der Waals surface area contributed by atoms with Crippen LogP contribution in [0, 0.1) is 0 Å². The van der Waals surface area contributed by atoms with Gasteiger partial charge in [-0.2, -0.15) is 0 Å². The lowest BCUT2D eigenvalue weighted by Crippen LogP contribution is -2.12. The van der Waals surface area contributed by atoms with Gasteiger partial charge in [-0.1, -0.05) is 13.8 Å². The summed E-state index contributed by atoms with van der Waals surface area (Å²) in [6, 6.07) is 1.69. The van der Waals surface area contributed by atoms with Crippen molar-refractivity contribution in [2.75, 3.05) is 0 Å². The molecule has 50 valence electrons. The fraction of sp³-hybridized carbons (Fsp3) is 0.429. The summed E-state index contributed by atoms with van der Waals surface area (Å²) in [5.74, 6) is 1.16. The van der Waals surface area contributed by atoms with Crippen LogP contribution in [0.2, 0.25) is 0 Å². The van der Waals surface area contributed by atoms with E-state index in [1.54, 1.807) is 12.3 Å². The van der Waals surface area contributed by atoms with Crippen LogP contribution >= 0.6 is 0 Å². The molecule has 0 aromatic carbocycles. The highest BCUT2D eigenvalue weighted by Crippen LogP contribution is 2.04. The standard InChI is InChI=1S/C7H9BN2/c1-5(2)7-9-4-3-6(8)10-7/h3-5H,1-2H3. The van der Waals surface area contributed by atoms with Crippen LogP contribution in [0.5, 0.6) is 0 Å². The summed E-state index contributed by atoms with van der Waals surface area (Å²) in [5, 5.41) is 0. The quantitative estimate of drug-likeness (QED) is 0.516. The molecule has 10 heavy (non-hydrogen) atoms. The number of rotatable bonds is 1. The summed E-state index contributed by atoms with van der Waals surface area (Å²) in [4.78, 5) is 8.09. The van der Waals surface area contributed by atoms with E-state index in [0.29, 0.717) is 11.5 Å². The van der Waals surface area contributed by atoms with Crippen molar-refractivity contribution in [1.29, 1.82) is 0 Å². The van der Waals surface area contributed by atoms with Gasteiger partial charge in [-0.3, -0.25) is 0 Å². The van der Waals surface area contributed by atoms with E-state index in [4.69, 9.17) is 7.85 Å². The molecule has 1 heterocycles. The first-order valence-corrected chi connectivity index (χ1v) is 3.28. The minimum absolute atomic E-state index is 0.350. The summed E-state index contributed by atoms with van der Waals surface area (Å²) >= 11 is 0. The number of aromatic nitrogens is 2. The van der Waals surface area contributed by atoms with E-state index in [9.17, 15) is 0 Å². The van der Waals surface area contributed by atoms with Crippen LogP contribution < -0.4 is 5.59 Å². The van der Waals surface area contributed by atoms with Crippen molar-refractivity contribution < 1.29 is 0 Å². The van der Waals surface area contributed by atoms with Gasteiger partial charge in [0, 0.05) is 12.1 Å². The molecule has 1 aromatic rings. The molecular formula is C7H9BN2. The summed E-state index contributed by atoms with van der Waals surface area (Å²) < 4.78 is 0. The predicted molar refractivity (Wildman–Crippen MR) is 41.5 cm³/mol. The second kappa shape index (κ2) is 2.82. The lowest BCUT2D eigenvalue weighted by atomic mass is 10.0. The summed E-state index contributed by atoms with van der Waals surface area (Å²) in [5.41, 5.74) is 0.540. The maximum Gasteiger partial charge on any atom is 0.141 e. The zero-order chi connectivity index (χ0) is 7.56. The molecule has 0 N–H and O–H groups in total. The molecule has 1 rings (SSSR count). The van der Waals surface area contributed by atoms with Crippen molar-refractivity contribution in [2.24, 2.45) is 0 Å². The Morgan fingerprint density at radius 2 is 2.20 bits per heavy atom. The van der Waals surface area contributed by atoms with Crippen LogP contribution in [0.15, 0.2) is 12.3 Å². The van der Waals surface area contributed by atoms with E-state index < -0.39 is 0 Å². The van der Waals surface area contributed by atoms with Gasteiger partial charge in [-0.25, -0.2) is 9.97 Å². The highest BCUT2D eigenvalue weighted by atomic mass is 14.9. The summed E-state index contributed by atoms with van der Waals surface area (Å²) in [7, 11) is 5.45. The van der Waals surface area contributed by atoms with Crippen molar-refractivity contribution in [3.63, 3.8) is 0 Å². The van der Waals surface area contributed by atoms with Crippen molar-refractivity contribution in [1.82, 2.24) is 9.97 Å². The fourth-order valence-electron chi connectivity index (χ4n) is 0.667. The van der Waals surface area contributed by atoms with Crippen LogP contribution in [0.4, 0.5) is 0 Å². The van der Waals surface area contributed by atoms with Gasteiger partial charge in [0.05, 0.1) is 0 Å². The lowest BCUT2D eigenvalue weighted by molar-refractivity contribution is 0.779. The maximum absolute atomic E-state index is 5.45. The van der Waals surface area contributed by atoms with E-state index in [1.165, 1.54) is 0 Å². The molecule has 0 amide bonds. The van der Waals surface area contributed by atoms with Gasteiger partial charge in [-0.05, 0) is 11.7 Å². The SMILES string of the molecule is [B]c1ccnc(C(C)C)n1. The first-order chi connectivity index (χ1) is 4.70. The predicted octanol–water partition coefficient (Wildman–Crippen LogP) is 0.394. The largest absolute Gasteiger partial charge is 0.249 e. The topological polar surface area (TPSA) is 25.8 Å². The highest BCUT2D eigenvalue weighted by Gasteiger charge is 1.99. The zero-order valence-electron chi connectivity index (χ0n) is 6.20. The Morgan fingerprint density at radius 3 is 2.60 bits per heavy atom. The molecule has 2 nitrogen and oxygen atoms in total. The lowest BCUT2D eigenvalue weighted by Gasteiger charge is -2.02. The van der Waals surface area contributed by atoms with E-state index in [-0.39, 0.29) is 0 Å². The van der Waals surface area contributed by atoms with Gasteiger partial charge in [0.15, 0.2) is 0 Å². The number of hydrogen-bond acceptors (Lipinski definition) is 2. The van der Waals surface area contributed by atoms with E-state index in [0.717, 1.165) is 5.82 Å². The molecular weight excluding hydrogens is 123 g/mol. The Labute approximate surface area is 62.1 Å². The molecule has 2 radical (unpaired) electrons. The zero-order valence-corrected chi connectivity index (χ0v) is 6.20. The normalized spacial score (nSPS) is 10.3. The van der Waals surface area contributed by atoms with Crippen LogP contribution in [0.3, 0.4) is 0 Å². The van der Waals surface area contributed by atoms with E-state index in [1.807, 2.05) is 13.8 Å². The number of nitrogens with zero attached hydrogens (tertiary/aromatic N) is 2. The summed E-state index contributed by atoms with van der Waals surface area (Å²) in [6.07, 6.45) is 1.68. The molecule has 0 aliphatic heterocycles. The van der Waals surface area contributed by atoms with Gasteiger partial charge in [0.25, 0.3) is 0 Å². The van der Waals surface area contributed by atoms with Crippen molar-refractivity contribution in [2.45, 2.75) is 19.8 Å². The third kappa shape index (κ3) is 1.56. The Hall–Kier alpha value is -0.855. The average Bonchev–Trinajstić information content (AvgIpc) is 1.88. The van der Waals surface area contributed by atoms with Crippen LogP contribution in [0.1, 0.15) is 25.6 Å². The maximum atomic E-state index is 5.45. The molecule has 0 saturated carbocycles. The molecule has 0 unspecified atom stereocenters. The van der Waals surface area contributed by atoms with Crippen LogP contribution in [-0.4, -0.2) is 17.8 Å². The Balaban J connectivity index is 2.96. The van der Waals surface area contributed by atoms with Crippen LogP contribution in [0.25, 0.3) is 0 Å². The van der Waals surface area contributed by atoms with E-state index in [2.05, 4.69) is 9.97 Å². The van der Waals surface area contributed by atoms with Crippen molar-refractivity contribution >= 4 is 13.4 Å².